The van der Waals surface area contributed by atoms with Crippen LogP contribution in [0.15, 0.2) is 41.5 Å². The Morgan fingerprint density at radius 2 is 1.67 bits per heavy atom. The molecule has 15 heteroatoms. The molecule has 2 heterocycles. The highest BCUT2D eigenvalue weighted by molar-refractivity contribution is 6.67. The van der Waals surface area contributed by atoms with E-state index in [0.717, 1.165) is 32.7 Å². The van der Waals surface area contributed by atoms with E-state index in [2.05, 4.69) is 23.8 Å². The lowest BCUT2D eigenvalue weighted by Crippen LogP contribution is -2.74. The average molecular weight is 898 g/mol. The Bertz CT molecular complexity index is 1810. The van der Waals surface area contributed by atoms with Crippen molar-refractivity contribution in [3.8, 4) is 0 Å². The van der Waals surface area contributed by atoms with Gasteiger partial charge in [0.2, 0.25) is 9.90 Å². The van der Waals surface area contributed by atoms with E-state index in [4.69, 9.17) is 58.5 Å². The van der Waals surface area contributed by atoms with Gasteiger partial charge in [-0.2, -0.15) is 0 Å². The lowest BCUT2D eigenvalue weighted by molar-refractivity contribution is -0.303. The second-order valence-electron chi connectivity index (χ2n) is 19.1. The van der Waals surface area contributed by atoms with E-state index >= 15 is 4.79 Å². The average Bonchev–Trinajstić information content (AvgIpc) is 3.18. The number of aliphatic hydroxyl groups is 1. The molecule has 2 aliphatic heterocycles. The molecule has 2 unspecified atom stereocenters. The van der Waals surface area contributed by atoms with Crippen LogP contribution in [0, 0.1) is 34.0 Å². The Hall–Kier alpha value is -2.45. The first-order valence-electron chi connectivity index (χ1n) is 21.3. The van der Waals surface area contributed by atoms with Gasteiger partial charge in [-0.3, -0.25) is 9.59 Å². The second kappa shape index (κ2) is 17.6. The van der Waals surface area contributed by atoms with Crippen molar-refractivity contribution in [2.24, 2.45) is 34.0 Å². The van der Waals surface area contributed by atoms with Gasteiger partial charge in [-0.05, 0) is 62.4 Å². The molecule has 1 N–H and O–H groups in total. The first kappa shape index (κ1) is 47.0. The zero-order valence-electron chi connectivity index (χ0n) is 36.4. The van der Waals surface area contributed by atoms with Gasteiger partial charge < -0.3 is 38.6 Å². The molecule has 60 heavy (non-hydrogen) atoms. The largest absolute Gasteiger partial charge is 0.509 e. The van der Waals surface area contributed by atoms with Gasteiger partial charge >= 0.3 is 18.1 Å². The summed E-state index contributed by atoms with van der Waals surface area (Å²) < 4.78 is 27.6. The van der Waals surface area contributed by atoms with Crippen molar-refractivity contribution in [3.63, 3.8) is 0 Å². The number of ether oxygens (including phenoxy) is 5. The number of hydrogen-bond acceptors (Lipinski definition) is 12. The minimum absolute atomic E-state index is 0.00176. The summed E-state index contributed by atoms with van der Waals surface area (Å²) in [5.74, 6) is -3.78. The SMILES string of the molecule is CC1=C2[C@@H](C)C(=O)[C@@]3(C)C(C(C)[C@](O)(C[C@@H]1OC(=O)[C@H](OC(=O)OCC(Cl)(Cl)Cl)[C@@H](C)c1ccccc1)C2(C)C)[C@]1(C)CO[C@@H]1C[C@@H]3OC(=O)CCCN1CCN(C)CC1. The fourth-order valence-electron chi connectivity index (χ4n) is 11.7. The summed E-state index contributed by atoms with van der Waals surface area (Å²) in [5.41, 5.74) is -2.19. The number of ketones is 1. The van der Waals surface area contributed by atoms with Crippen LogP contribution < -0.4 is 0 Å². The van der Waals surface area contributed by atoms with Gasteiger partial charge in [-0.1, -0.05) is 107 Å². The van der Waals surface area contributed by atoms with E-state index in [9.17, 15) is 19.5 Å². The number of halogens is 3. The van der Waals surface area contributed by atoms with Gasteiger partial charge in [0.25, 0.3) is 0 Å². The number of alkyl halides is 3. The molecule has 1 aromatic rings. The molecule has 12 nitrogen and oxygen atoms in total. The highest BCUT2D eigenvalue weighted by Crippen LogP contribution is 2.68. The van der Waals surface area contributed by atoms with Crippen molar-refractivity contribution < 1.29 is 48.0 Å². The van der Waals surface area contributed by atoms with Crippen LogP contribution in [0.3, 0.4) is 0 Å². The number of Topliss-reactive ketones (excluding diaryl/α,β-unsaturated/α-hetero) is 1. The van der Waals surface area contributed by atoms with E-state index in [1.54, 1.807) is 31.2 Å². The van der Waals surface area contributed by atoms with E-state index in [1.807, 2.05) is 47.6 Å². The normalized spacial score (nSPS) is 35.4. The summed E-state index contributed by atoms with van der Waals surface area (Å²) >= 11 is 17.4. The van der Waals surface area contributed by atoms with Crippen LogP contribution >= 0.6 is 34.8 Å². The molecule has 2 bridgehead atoms. The van der Waals surface area contributed by atoms with Crippen LogP contribution in [0.2, 0.25) is 0 Å². The van der Waals surface area contributed by atoms with Gasteiger partial charge in [0.05, 0.1) is 23.7 Å². The van der Waals surface area contributed by atoms with Crippen LogP contribution in [0.5, 0.6) is 0 Å². The summed E-state index contributed by atoms with van der Waals surface area (Å²) in [5, 5.41) is 13.4. The first-order chi connectivity index (χ1) is 28.0. The number of rotatable bonds is 11. The fraction of sp³-hybridized carbons (Fsp3) is 0.733. The summed E-state index contributed by atoms with van der Waals surface area (Å²) in [4.78, 5) is 61.1. The molecular weight excluding hydrogens is 835 g/mol. The molecule has 3 aliphatic carbocycles. The zero-order valence-corrected chi connectivity index (χ0v) is 38.7. The lowest BCUT2D eigenvalue weighted by Gasteiger charge is -2.69. The van der Waals surface area contributed by atoms with Crippen molar-refractivity contribution >= 4 is 58.7 Å². The van der Waals surface area contributed by atoms with Crippen LogP contribution in [0.4, 0.5) is 4.79 Å². The zero-order chi connectivity index (χ0) is 44.2. The Kier molecular flexibility index (Phi) is 13.8. The van der Waals surface area contributed by atoms with E-state index < -0.39 is 86.4 Å². The molecule has 4 fully saturated rings. The van der Waals surface area contributed by atoms with Crippen LogP contribution in [-0.4, -0.2) is 126 Å². The van der Waals surface area contributed by atoms with E-state index in [0.29, 0.717) is 36.2 Å². The number of benzene rings is 1. The fourth-order valence-corrected chi connectivity index (χ4v) is 11.9. The molecule has 0 amide bonds. The molecule has 6 rings (SSSR count). The van der Waals surface area contributed by atoms with Crippen LogP contribution in [0.25, 0.3) is 0 Å². The maximum Gasteiger partial charge on any atom is 0.509 e. The van der Waals surface area contributed by atoms with Gasteiger partial charge in [0.1, 0.15) is 24.6 Å². The third kappa shape index (κ3) is 8.74. The number of hydrogen-bond donors (Lipinski definition) is 1. The summed E-state index contributed by atoms with van der Waals surface area (Å²) in [7, 11) is 2.11. The molecule has 0 radical (unpaired) electrons. The van der Waals surface area contributed by atoms with Crippen molar-refractivity contribution in [2.45, 2.75) is 121 Å². The topological polar surface area (TPSA) is 141 Å². The second-order valence-corrected chi connectivity index (χ2v) is 21.6. The molecule has 11 atom stereocenters. The molecule has 0 aromatic heterocycles. The lowest BCUT2D eigenvalue weighted by atomic mass is 9.40. The molecule has 2 saturated heterocycles. The number of esters is 2. The standard InChI is InChI=1S/C45H63Cl3N2O10/c1-26(30-14-11-10-12-15-30)36(60-40(54)57-25-45(46,47)48)39(53)58-31-23-44(55)29(4)37-42(7)24-56-32(42)22-33(59-34(51)16-13-17-50-20-18-49(9)19-21-50)43(37,8)38(52)28(3)35(27(31)2)41(44,5)6/h10-12,14-15,26,28-29,31-33,36-37,55H,13,16-25H2,1-9H3/t26-,28+,29?,31-,32+,33-,36+,37?,42+,43+,44+/m0/s1. The summed E-state index contributed by atoms with van der Waals surface area (Å²) in [6.45, 7) is 19.8. The Balaban J connectivity index is 1.31. The maximum atomic E-state index is 15.5. The molecular formula is C45H63Cl3N2O10. The first-order valence-corrected chi connectivity index (χ1v) is 22.4. The Labute approximate surface area is 369 Å². The Morgan fingerprint density at radius 3 is 2.27 bits per heavy atom. The van der Waals surface area contributed by atoms with Crippen LogP contribution in [-0.2, 0) is 38.1 Å². The summed E-state index contributed by atoms with van der Waals surface area (Å²) in [6.07, 6.45) is -3.49. The maximum absolute atomic E-state index is 15.5. The van der Waals surface area contributed by atoms with Gasteiger partial charge in [-0.15, -0.1) is 0 Å². The van der Waals surface area contributed by atoms with E-state index in [1.165, 1.54) is 0 Å². The van der Waals surface area contributed by atoms with Crippen molar-refractivity contribution in [1.29, 1.82) is 0 Å². The van der Waals surface area contributed by atoms with Gasteiger partial charge in [0.15, 0.2) is 0 Å². The number of nitrogens with zero attached hydrogens (tertiary/aromatic N) is 2. The predicted molar refractivity (Wildman–Crippen MR) is 228 cm³/mol. The number of carbonyl (C=O) groups is 4. The van der Waals surface area contributed by atoms with Crippen LogP contribution in [0.1, 0.15) is 92.6 Å². The van der Waals surface area contributed by atoms with Crippen molar-refractivity contribution in [3.05, 3.63) is 47.0 Å². The third-order valence-electron chi connectivity index (χ3n) is 15.1. The third-order valence-corrected chi connectivity index (χ3v) is 15.5. The Morgan fingerprint density at radius 1 is 1.02 bits per heavy atom. The van der Waals surface area contributed by atoms with E-state index in [-0.39, 0.29) is 30.7 Å². The van der Waals surface area contributed by atoms with Gasteiger partial charge in [-0.25, -0.2) is 9.59 Å². The highest BCUT2D eigenvalue weighted by Gasteiger charge is 2.73. The minimum atomic E-state index is -1.91. The summed E-state index contributed by atoms with van der Waals surface area (Å²) in [6, 6.07) is 9.02. The predicted octanol–water partition coefficient (Wildman–Crippen LogP) is 7.30. The minimum Gasteiger partial charge on any atom is -0.461 e. The molecule has 2 saturated carbocycles. The molecule has 5 aliphatic rings. The molecule has 0 spiro atoms. The number of fused-ring (bicyclic) bond motifs is 5. The monoisotopic (exact) mass is 896 g/mol. The highest BCUT2D eigenvalue weighted by atomic mass is 35.6. The van der Waals surface area contributed by atoms with Gasteiger partial charge in [0, 0.05) is 68.1 Å². The number of likely N-dealkylation sites (N-methyl/N-ethyl adjacent to an activating group) is 1. The van der Waals surface area contributed by atoms with Crippen molar-refractivity contribution in [2.75, 3.05) is 53.0 Å². The number of carbonyl (C=O) groups excluding carboxylic acids is 4. The smallest absolute Gasteiger partial charge is 0.461 e. The quantitative estimate of drug-likeness (QED) is 0.103. The molecule has 334 valence electrons. The van der Waals surface area contributed by atoms with Crippen molar-refractivity contribution in [1.82, 2.24) is 9.80 Å². The molecule has 1 aromatic carbocycles. The number of piperazine rings is 1.